The summed E-state index contributed by atoms with van der Waals surface area (Å²) in [5.74, 6) is 0.910. The van der Waals surface area contributed by atoms with Gasteiger partial charge in [-0.2, -0.15) is 0 Å². The molecule has 2 fully saturated rings. The molecule has 2 unspecified atom stereocenters. The van der Waals surface area contributed by atoms with E-state index >= 15 is 0 Å². The van der Waals surface area contributed by atoms with E-state index in [4.69, 9.17) is 9.47 Å². The number of likely N-dealkylation sites (tertiary alicyclic amines) is 1. The molecule has 1 amide bonds. The lowest BCUT2D eigenvalue weighted by atomic mass is 9.93. The first-order valence-electron chi connectivity index (χ1n) is 6.61. The van der Waals surface area contributed by atoms with Crippen LogP contribution in [0.15, 0.2) is 11.8 Å². The van der Waals surface area contributed by atoms with E-state index in [1.807, 2.05) is 31.9 Å². The minimum absolute atomic E-state index is 0.184. The number of nitrogens with zero attached hydrogens (tertiary/aromatic N) is 1. The summed E-state index contributed by atoms with van der Waals surface area (Å²) < 4.78 is 10.6. The largest absolute Gasteiger partial charge is 0.504 e. The molecule has 0 radical (unpaired) electrons. The molecule has 1 heterocycles. The smallest absolute Gasteiger partial charge is 0.410 e. The zero-order chi connectivity index (χ0) is 13.3. The number of carbonyl (C=O) groups excluding carboxylic acids is 1. The van der Waals surface area contributed by atoms with E-state index in [-0.39, 0.29) is 6.09 Å². The van der Waals surface area contributed by atoms with E-state index in [1.54, 1.807) is 7.11 Å². The molecule has 0 aromatic heterocycles. The van der Waals surface area contributed by atoms with Crippen LogP contribution in [0.25, 0.3) is 0 Å². The van der Waals surface area contributed by atoms with Crippen molar-refractivity contribution >= 4 is 6.09 Å². The Bertz CT molecular complexity index is 341. The number of hydrogen-bond acceptors (Lipinski definition) is 3. The lowest BCUT2D eigenvalue weighted by molar-refractivity contribution is 0.0192. The monoisotopic (exact) mass is 253 g/mol. The van der Waals surface area contributed by atoms with Crippen LogP contribution < -0.4 is 0 Å². The SMILES string of the molecule is COC=C1C2CCC1CN(C(=O)OC(C)(C)C)C2. The summed E-state index contributed by atoms with van der Waals surface area (Å²) in [6.45, 7) is 7.24. The number of carbonyl (C=O) groups is 1. The molecule has 2 atom stereocenters. The minimum Gasteiger partial charge on any atom is -0.504 e. The number of rotatable bonds is 1. The number of amides is 1. The van der Waals surface area contributed by atoms with Gasteiger partial charge in [0, 0.05) is 24.9 Å². The molecule has 102 valence electrons. The van der Waals surface area contributed by atoms with Crippen LogP contribution in [0.5, 0.6) is 0 Å². The maximum Gasteiger partial charge on any atom is 0.410 e. The second kappa shape index (κ2) is 4.82. The molecule has 1 aliphatic heterocycles. The fourth-order valence-corrected chi connectivity index (χ4v) is 2.87. The van der Waals surface area contributed by atoms with Crippen LogP contribution in [0, 0.1) is 11.8 Å². The number of fused-ring (bicyclic) bond motifs is 2. The first-order valence-corrected chi connectivity index (χ1v) is 6.61. The maximum atomic E-state index is 12.1. The van der Waals surface area contributed by atoms with Crippen molar-refractivity contribution in [3.63, 3.8) is 0 Å². The highest BCUT2D eigenvalue weighted by Gasteiger charge is 2.40. The number of ether oxygens (including phenoxy) is 2. The molecule has 1 saturated carbocycles. The van der Waals surface area contributed by atoms with E-state index in [2.05, 4.69) is 0 Å². The lowest BCUT2D eigenvalue weighted by Gasteiger charge is -2.34. The maximum absolute atomic E-state index is 12.1. The van der Waals surface area contributed by atoms with Crippen molar-refractivity contribution in [2.24, 2.45) is 11.8 Å². The van der Waals surface area contributed by atoms with Gasteiger partial charge in [0.2, 0.25) is 0 Å². The molecule has 0 aromatic carbocycles. The fraction of sp³-hybridized carbons (Fsp3) is 0.786. The van der Waals surface area contributed by atoms with E-state index in [0.29, 0.717) is 11.8 Å². The van der Waals surface area contributed by atoms with Crippen molar-refractivity contribution < 1.29 is 14.3 Å². The second-order valence-corrected chi connectivity index (χ2v) is 6.21. The Hall–Kier alpha value is -1.19. The van der Waals surface area contributed by atoms with Crippen molar-refractivity contribution in [2.45, 2.75) is 39.2 Å². The predicted octanol–water partition coefficient (Wildman–Crippen LogP) is 2.79. The third-order valence-corrected chi connectivity index (χ3v) is 3.59. The van der Waals surface area contributed by atoms with Crippen molar-refractivity contribution in [1.82, 2.24) is 4.90 Å². The van der Waals surface area contributed by atoms with Gasteiger partial charge in [0.25, 0.3) is 0 Å². The van der Waals surface area contributed by atoms with Crippen molar-refractivity contribution in [2.75, 3.05) is 20.2 Å². The van der Waals surface area contributed by atoms with Crippen molar-refractivity contribution in [3.05, 3.63) is 11.8 Å². The highest BCUT2D eigenvalue weighted by atomic mass is 16.6. The van der Waals surface area contributed by atoms with Crippen LogP contribution in [-0.2, 0) is 9.47 Å². The third-order valence-electron chi connectivity index (χ3n) is 3.59. The number of methoxy groups -OCH3 is 1. The normalized spacial score (nSPS) is 27.1. The highest BCUT2D eigenvalue weighted by Crippen LogP contribution is 2.41. The molecule has 2 aliphatic rings. The van der Waals surface area contributed by atoms with Gasteiger partial charge in [0.05, 0.1) is 13.4 Å². The quantitative estimate of drug-likeness (QED) is 0.674. The first kappa shape index (κ1) is 13.2. The number of hydrogen-bond donors (Lipinski definition) is 0. The van der Waals surface area contributed by atoms with Gasteiger partial charge in [0.1, 0.15) is 5.60 Å². The molecule has 2 bridgehead atoms. The molecule has 1 aliphatic carbocycles. The van der Waals surface area contributed by atoms with Crippen LogP contribution in [0.4, 0.5) is 4.79 Å². The minimum atomic E-state index is -0.418. The zero-order valence-corrected chi connectivity index (χ0v) is 11.7. The average molecular weight is 253 g/mol. The van der Waals surface area contributed by atoms with Crippen LogP contribution in [-0.4, -0.2) is 36.8 Å². The molecule has 0 N–H and O–H groups in total. The summed E-state index contributed by atoms with van der Waals surface area (Å²) in [5, 5.41) is 0. The topological polar surface area (TPSA) is 38.8 Å². The van der Waals surface area contributed by atoms with Gasteiger partial charge in [-0.05, 0) is 39.2 Å². The second-order valence-electron chi connectivity index (χ2n) is 6.21. The molecule has 4 nitrogen and oxygen atoms in total. The Morgan fingerprint density at radius 3 is 2.28 bits per heavy atom. The highest BCUT2D eigenvalue weighted by molar-refractivity contribution is 5.68. The van der Waals surface area contributed by atoms with Gasteiger partial charge in [-0.3, -0.25) is 0 Å². The van der Waals surface area contributed by atoms with E-state index in [0.717, 1.165) is 25.9 Å². The van der Waals surface area contributed by atoms with Crippen LogP contribution in [0.3, 0.4) is 0 Å². The molecule has 18 heavy (non-hydrogen) atoms. The standard InChI is InChI=1S/C14H23NO3/c1-14(2,3)18-13(16)15-7-10-5-6-11(8-15)12(10)9-17-4/h9-11H,5-8H2,1-4H3. The number of piperidine rings is 1. The fourth-order valence-electron chi connectivity index (χ4n) is 2.87. The van der Waals surface area contributed by atoms with Gasteiger partial charge in [-0.1, -0.05) is 0 Å². The molecule has 0 spiro atoms. The van der Waals surface area contributed by atoms with Crippen LogP contribution in [0.2, 0.25) is 0 Å². The molecular formula is C14H23NO3. The average Bonchev–Trinajstić information content (AvgIpc) is 2.49. The van der Waals surface area contributed by atoms with E-state index in [1.165, 1.54) is 5.57 Å². The van der Waals surface area contributed by atoms with Gasteiger partial charge in [0.15, 0.2) is 0 Å². The Morgan fingerprint density at radius 1 is 1.28 bits per heavy atom. The lowest BCUT2D eigenvalue weighted by Crippen LogP contribution is -2.44. The summed E-state index contributed by atoms with van der Waals surface area (Å²) in [5.41, 5.74) is 0.955. The van der Waals surface area contributed by atoms with Crippen LogP contribution >= 0.6 is 0 Å². The molecule has 4 heteroatoms. The van der Waals surface area contributed by atoms with Crippen LogP contribution in [0.1, 0.15) is 33.6 Å². The van der Waals surface area contributed by atoms with Gasteiger partial charge >= 0.3 is 6.09 Å². The summed E-state index contributed by atoms with van der Waals surface area (Å²) in [4.78, 5) is 13.9. The Morgan fingerprint density at radius 2 is 1.83 bits per heavy atom. The van der Waals surface area contributed by atoms with Crippen molar-refractivity contribution in [3.8, 4) is 0 Å². The Kier molecular flexibility index (Phi) is 3.55. The van der Waals surface area contributed by atoms with E-state index in [9.17, 15) is 4.79 Å². The zero-order valence-electron chi connectivity index (χ0n) is 11.7. The van der Waals surface area contributed by atoms with Gasteiger partial charge in [-0.15, -0.1) is 0 Å². The first-order chi connectivity index (χ1) is 8.40. The predicted molar refractivity (Wildman–Crippen MR) is 69.1 cm³/mol. The Balaban J connectivity index is 2.01. The summed E-state index contributed by atoms with van der Waals surface area (Å²) in [7, 11) is 1.69. The summed E-state index contributed by atoms with van der Waals surface area (Å²) in [6, 6.07) is 0. The molecule has 2 rings (SSSR count). The van der Waals surface area contributed by atoms with Crippen molar-refractivity contribution in [1.29, 1.82) is 0 Å². The van der Waals surface area contributed by atoms with Gasteiger partial charge in [-0.25, -0.2) is 4.79 Å². The third kappa shape index (κ3) is 2.79. The molecule has 1 saturated heterocycles. The summed E-state index contributed by atoms with van der Waals surface area (Å²) >= 11 is 0. The molecular weight excluding hydrogens is 230 g/mol. The Labute approximate surface area is 109 Å². The van der Waals surface area contributed by atoms with Gasteiger partial charge < -0.3 is 14.4 Å². The molecule has 0 aromatic rings. The van der Waals surface area contributed by atoms with E-state index < -0.39 is 5.60 Å². The summed E-state index contributed by atoms with van der Waals surface area (Å²) in [6.07, 6.45) is 3.99.